The highest BCUT2D eigenvalue weighted by Crippen LogP contribution is 2.27. The van der Waals surface area contributed by atoms with E-state index in [1.165, 1.54) is 0 Å². The fourth-order valence-corrected chi connectivity index (χ4v) is 2.35. The van der Waals surface area contributed by atoms with Gasteiger partial charge in [0, 0.05) is 6.61 Å². The van der Waals surface area contributed by atoms with Gasteiger partial charge in [0.2, 0.25) is 0 Å². The molecular weight excluding hydrogens is 168 g/mol. The standard InChI is InChI=1S/C7H13ClOS/c1-2-10-7-6(8)4-3-5-9-7/h6-7H,2-5H2,1H3. The van der Waals surface area contributed by atoms with Gasteiger partial charge in [-0.25, -0.2) is 0 Å². The van der Waals surface area contributed by atoms with Crippen molar-refractivity contribution in [2.24, 2.45) is 0 Å². The van der Waals surface area contributed by atoms with E-state index in [4.69, 9.17) is 16.3 Å². The van der Waals surface area contributed by atoms with Crippen molar-refractivity contribution in [3.63, 3.8) is 0 Å². The molecule has 1 heterocycles. The summed E-state index contributed by atoms with van der Waals surface area (Å²) in [4.78, 5) is 0. The number of hydrogen-bond donors (Lipinski definition) is 0. The molecule has 1 aliphatic heterocycles. The number of hydrogen-bond acceptors (Lipinski definition) is 2. The molecule has 1 nitrogen and oxygen atoms in total. The highest BCUT2D eigenvalue weighted by Gasteiger charge is 2.23. The average Bonchev–Trinajstić information content (AvgIpc) is 1.94. The van der Waals surface area contributed by atoms with Crippen molar-refractivity contribution >= 4 is 23.4 Å². The van der Waals surface area contributed by atoms with Crippen LogP contribution in [0, 0.1) is 0 Å². The lowest BCUT2D eigenvalue weighted by Gasteiger charge is -2.26. The second-order valence-electron chi connectivity index (χ2n) is 2.35. The summed E-state index contributed by atoms with van der Waals surface area (Å²) < 4.78 is 5.46. The molecule has 2 atom stereocenters. The summed E-state index contributed by atoms with van der Waals surface area (Å²) >= 11 is 7.82. The number of rotatable bonds is 2. The molecule has 1 fully saturated rings. The molecule has 10 heavy (non-hydrogen) atoms. The summed E-state index contributed by atoms with van der Waals surface area (Å²) in [7, 11) is 0. The summed E-state index contributed by atoms with van der Waals surface area (Å²) in [5.74, 6) is 1.09. The van der Waals surface area contributed by atoms with Crippen molar-refractivity contribution in [3.8, 4) is 0 Å². The van der Waals surface area contributed by atoms with Crippen LogP contribution in [0.25, 0.3) is 0 Å². The van der Waals surface area contributed by atoms with Crippen molar-refractivity contribution < 1.29 is 4.74 Å². The fraction of sp³-hybridized carbons (Fsp3) is 1.00. The third kappa shape index (κ3) is 2.33. The van der Waals surface area contributed by atoms with Crippen LogP contribution in [-0.2, 0) is 4.74 Å². The molecule has 0 saturated carbocycles. The van der Waals surface area contributed by atoms with Crippen LogP contribution in [0.1, 0.15) is 19.8 Å². The number of alkyl halides is 1. The van der Waals surface area contributed by atoms with Gasteiger partial charge in [-0.15, -0.1) is 23.4 Å². The summed E-state index contributed by atoms with van der Waals surface area (Å²) in [6.45, 7) is 3.02. The van der Waals surface area contributed by atoms with Gasteiger partial charge in [0.25, 0.3) is 0 Å². The maximum Gasteiger partial charge on any atom is 0.119 e. The molecule has 0 aromatic carbocycles. The molecule has 0 aliphatic carbocycles. The first-order valence-corrected chi connectivity index (χ1v) is 5.20. The van der Waals surface area contributed by atoms with Crippen LogP contribution >= 0.6 is 23.4 Å². The van der Waals surface area contributed by atoms with Gasteiger partial charge in [-0.1, -0.05) is 6.92 Å². The second-order valence-corrected chi connectivity index (χ2v) is 4.29. The van der Waals surface area contributed by atoms with E-state index < -0.39 is 0 Å². The molecule has 0 aromatic heterocycles. The Morgan fingerprint density at radius 3 is 3.10 bits per heavy atom. The Hall–Kier alpha value is 0.600. The van der Waals surface area contributed by atoms with Gasteiger partial charge >= 0.3 is 0 Å². The van der Waals surface area contributed by atoms with Crippen molar-refractivity contribution in [1.82, 2.24) is 0 Å². The fourth-order valence-electron chi connectivity index (χ4n) is 1.04. The van der Waals surface area contributed by atoms with E-state index in [0.29, 0.717) is 0 Å². The van der Waals surface area contributed by atoms with E-state index in [2.05, 4.69) is 6.92 Å². The van der Waals surface area contributed by atoms with Crippen LogP contribution in [0.5, 0.6) is 0 Å². The quantitative estimate of drug-likeness (QED) is 0.604. The molecule has 3 heteroatoms. The Labute approximate surface area is 71.5 Å². The smallest absolute Gasteiger partial charge is 0.119 e. The zero-order valence-electron chi connectivity index (χ0n) is 6.18. The number of ether oxygens (including phenoxy) is 1. The SMILES string of the molecule is CCSC1OCCCC1Cl. The maximum absolute atomic E-state index is 6.02. The zero-order valence-corrected chi connectivity index (χ0v) is 7.75. The topological polar surface area (TPSA) is 9.23 Å². The Balaban J connectivity index is 2.25. The molecule has 0 amide bonds. The van der Waals surface area contributed by atoms with Crippen molar-refractivity contribution in [3.05, 3.63) is 0 Å². The molecule has 1 saturated heterocycles. The van der Waals surface area contributed by atoms with Gasteiger partial charge in [0.1, 0.15) is 5.44 Å². The maximum atomic E-state index is 6.02. The molecule has 60 valence electrons. The predicted octanol–water partition coefficient (Wildman–Crippen LogP) is 2.48. The lowest BCUT2D eigenvalue weighted by Crippen LogP contribution is -2.27. The van der Waals surface area contributed by atoms with E-state index >= 15 is 0 Å². The van der Waals surface area contributed by atoms with E-state index in [0.717, 1.165) is 25.2 Å². The highest BCUT2D eigenvalue weighted by molar-refractivity contribution is 7.99. The largest absolute Gasteiger partial charge is 0.366 e. The van der Waals surface area contributed by atoms with Crippen LogP contribution in [0.15, 0.2) is 0 Å². The van der Waals surface area contributed by atoms with Gasteiger partial charge in [-0.05, 0) is 18.6 Å². The van der Waals surface area contributed by atoms with Gasteiger partial charge in [-0.2, -0.15) is 0 Å². The third-order valence-corrected chi connectivity index (χ3v) is 3.26. The molecule has 0 N–H and O–H groups in total. The second kappa shape index (κ2) is 4.47. The summed E-state index contributed by atoms with van der Waals surface area (Å²) in [5, 5.41) is 0.235. The Bertz CT molecular complexity index is 97.6. The van der Waals surface area contributed by atoms with Crippen LogP contribution in [0.3, 0.4) is 0 Å². The van der Waals surface area contributed by atoms with E-state index in [1.807, 2.05) is 0 Å². The van der Waals surface area contributed by atoms with E-state index in [9.17, 15) is 0 Å². The average molecular weight is 181 g/mol. The first kappa shape index (κ1) is 8.69. The summed E-state index contributed by atoms with van der Waals surface area (Å²) in [5.41, 5.74) is 0.250. The monoisotopic (exact) mass is 180 g/mol. The van der Waals surface area contributed by atoms with Crippen molar-refractivity contribution in [2.45, 2.75) is 30.6 Å². The molecule has 0 spiro atoms. The molecular formula is C7H13ClOS. The Morgan fingerprint density at radius 1 is 1.70 bits per heavy atom. The van der Waals surface area contributed by atoms with Gasteiger partial charge in [0.15, 0.2) is 0 Å². The molecule has 1 aliphatic rings. The molecule has 2 unspecified atom stereocenters. The van der Waals surface area contributed by atoms with Crippen LogP contribution in [0.4, 0.5) is 0 Å². The van der Waals surface area contributed by atoms with Crippen molar-refractivity contribution in [2.75, 3.05) is 12.4 Å². The lowest BCUT2D eigenvalue weighted by molar-refractivity contribution is 0.0760. The third-order valence-electron chi connectivity index (χ3n) is 1.53. The minimum Gasteiger partial charge on any atom is -0.366 e. The van der Waals surface area contributed by atoms with Crippen LogP contribution in [0.2, 0.25) is 0 Å². The summed E-state index contributed by atoms with van der Waals surface area (Å²) in [6, 6.07) is 0. The molecule has 0 aromatic rings. The van der Waals surface area contributed by atoms with Gasteiger partial charge in [0.05, 0.1) is 5.38 Å². The predicted molar refractivity (Wildman–Crippen MR) is 46.7 cm³/mol. The molecule has 0 radical (unpaired) electrons. The Kier molecular flexibility index (Phi) is 3.89. The Morgan fingerprint density at radius 2 is 2.50 bits per heavy atom. The van der Waals surface area contributed by atoms with Crippen LogP contribution < -0.4 is 0 Å². The number of halogens is 1. The van der Waals surface area contributed by atoms with Gasteiger partial charge < -0.3 is 4.74 Å². The van der Waals surface area contributed by atoms with E-state index in [-0.39, 0.29) is 10.8 Å². The summed E-state index contributed by atoms with van der Waals surface area (Å²) in [6.07, 6.45) is 2.23. The van der Waals surface area contributed by atoms with Gasteiger partial charge in [-0.3, -0.25) is 0 Å². The normalized spacial score (nSPS) is 34.2. The van der Waals surface area contributed by atoms with E-state index in [1.54, 1.807) is 11.8 Å². The first-order valence-electron chi connectivity index (χ1n) is 3.72. The minimum atomic E-state index is 0.235. The molecule has 1 rings (SSSR count). The number of thioether (sulfide) groups is 1. The zero-order chi connectivity index (χ0) is 7.40. The first-order chi connectivity index (χ1) is 4.84. The lowest BCUT2D eigenvalue weighted by atomic mass is 10.2. The van der Waals surface area contributed by atoms with Crippen molar-refractivity contribution in [1.29, 1.82) is 0 Å². The minimum absolute atomic E-state index is 0.235. The molecule has 0 bridgehead atoms. The highest BCUT2D eigenvalue weighted by atomic mass is 35.5. The van der Waals surface area contributed by atoms with Crippen LogP contribution in [-0.4, -0.2) is 23.2 Å².